The number of carbonyl (C=O) groups is 2. The van der Waals surface area contributed by atoms with Gasteiger partial charge in [-0.05, 0) is 19.1 Å². The zero-order valence-electron chi connectivity index (χ0n) is 14.2. The third-order valence-corrected chi connectivity index (χ3v) is 3.98. The van der Waals surface area contributed by atoms with Crippen LogP contribution >= 0.6 is 0 Å². The van der Waals surface area contributed by atoms with E-state index in [9.17, 15) is 9.59 Å². The molecule has 0 aromatic carbocycles. The van der Waals surface area contributed by atoms with Gasteiger partial charge in [0.2, 0.25) is 23.6 Å². The Kier molecular flexibility index (Phi) is 5.13. The average molecular weight is 347 g/mol. The monoisotopic (exact) mass is 347 g/mol. The van der Waals surface area contributed by atoms with Crippen LogP contribution in [0.2, 0.25) is 0 Å². The van der Waals surface area contributed by atoms with Gasteiger partial charge in [-0.15, -0.1) is 10.2 Å². The van der Waals surface area contributed by atoms with Gasteiger partial charge >= 0.3 is 0 Å². The number of rotatable bonds is 6. The summed E-state index contributed by atoms with van der Waals surface area (Å²) in [5.41, 5.74) is 0. The fourth-order valence-electron chi connectivity index (χ4n) is 2.77. The van der Waals surface area contributed by atoms with Crippen LogP contribution in [0, 0.1) is 13.8 Å². The molecule has 134 valence electrons. The molecular weight excluding hydrogens is 326 g/mol. The van der Waals surface area contributed by atoms with Crippen molar-refractivity contribution in [2.45, 2.75) is 39.4 Å². The molecule has 1 atom stereocenters. The van der Waals surface area contributed by atoms with Crippen LogP contribution in [0.25, 0.3) is 0 Å². The second-order valence-electron chi connectivity index (χ2n) is 5.99. The standard InChI is InChI=1S/C16H21N5O4/c1-10-3-4-12(24-10)9-21-6-5-17-16(23)13(21)7-14(22)18-8-15-20-19-11(2)25-15/h3-4,13H,5-9H2,1-2H3,(H,17,23)(H,18,22)/t13-/m1/s1. The van der Waals surface area contributed by atoms with E-state index in [0.717, 1.165) is 11.5 Å². The highest BCUT2D eigenvalue weighted by molar-refractivity contribution is 5.88. The summed E-state index contributed by atoms with van der Waals surface area (Å²) in [5, 5.41) is 13.0. The van der Waals surface area contributed by atoms with Crippen LogP contribution < -0.4 is 10.6 Å². The molecule has 0 unspecified atom stereocenters. The summed E-state index contributed by atoms with van der Waals surface area (Å²) in [4.78, 5) is 26.4. The number of amides is 2. The molecule has 1 aliphatic rings. The van der Waals surface area contributed by atoms with E-state index in [1.165, 1.54) is 0 Å². The van der Waals surface area contributed by atoms with Gasteiger partial charge < -0.3 is 19.5 Å². The molecule has 0 saturated carbocycles. The van der Waals surface area contributed by atoms with Crippen LogP contribution in [0.3, 0.4) is 0 Å². The molecule has 1 aliphatic heterocycles. The van der Waals surface area contributed by atoms with E-state index < -0.39 is 6.04 Å². The fraction of sp³-hybridized carbons (Fsp3) is 0.500. The summed E-state index contributed by atoms with van der Waals surface area (Å²) in [6.07, 6.45) is 0.0542. The number of hydrogen-bond donors (Lipinski definition) is 2. The lowest BCUT2D eigenvalue weighted by Gasteiger charge is -2.34. The van der Waals surface area contributed by atoms with Crippen LogP contribution in [0.15, 0.2) is 21.0 Å². The van der Waals surface area contributed by atoms with Gasteiger partial charge in [-0.1, -0.05) is 0 Å². The molecule has 0 bridgehead atoms. The van der Waals surface area contributed by atoms with E-state index >= 15 is 0 Å². The molecule has 9 nitrogen and oxygen atoms in total. The number of carbonyl (C=O) groups excluding carboxylic acids is 2. The first kappa shape index (κ1) is 17.2. The largest absolute Gasteiger partial charge is 0.465 e. The fourth-order valence-corrected chi connectivity index (χ4v) is 2.77. The summed E-state index contributed by atoms with van der Waals surface area (Å²) in [7, 11) is 0. The molecule has 0 radical (unpaired) electrons. The maximum absolute atomic E-state index is 12.2. The van der Waals surface area contributed by atoms with Crippen molar-refractivity contribution in [2.75, 3.05) is 13.1 Å². The zero-order valence-corrected chi connectivity index (χ0v) is 14.2. The van der Waals surface area contributed by atoms with Crippen molar-refractivity contribution in [2.24, 2.45) is 0 Å². The number of nitrogens with one attached hydrogen (secondary N) is 2. The van der Waals surface area contributed by atoms with Crippen molar-refractivity contribution in [3.63, 3.8) is 0 Å². The van der Waals surface area contributed by atoms with Gasteiger partial charge in [0.1, 0.15) is 11.5 Å². The molecular formula is C16H21N5O4. The Balaban J connectivity index is 1.58. The van der Waals surface area contributed by atoms with Crippen molar-refractivity contribution in [1.82, 2.24) is 25.7 Å². The Morgan fingerprint density at radius 1 is 1.36 bits per heavy atom. The minimum absolute atomic E-state index is 0.0542. The number of furan rings is 1. The van der Waals surface area contributed by atoms with E-state index in [0.29, 0.717) is 31.4 Å². The Hall–Kier alpha value is -2.68. The third kappa shape index (κ3) is 4.44. The number of piperazine rings is 1. The molecule has 9 heteroatoms. The minimum atomic E-state index is -0.538. The molecule has 2 amide bonds. The topological polar surface area (TPSA) is 114 Å². The average Bonchev–Trinajstić information content (AvgIpc) is 3.17. The molecule has 3 rings (SSSR count). The molecule has 0 spiro atoms. The first-order valence-corrected chi connectivity index (χ1v) is 8.14. The summed E-state index contributed by atoms with van der Waals surface area (Å²) in [5.74, 6) is 1.97. The van der Waals surface area contributed by atoms with E-state index in [1.807, 2.05) is 24.0 Å². The normalized spacial score (nSPS) is 18.2. The van der Waals surface area contributed by atoms with E-state index in [2.05, 4.69) is 20.8 Å². The molecule has 3 heterocycles. The van der Waals surface area contributed by atoms with Crippen molar-refractivity contribution in [3.05, 3.63) is 35.4 Å². The maximum Gasteiger partial charge on any atom is 0.237 e. The number of aryl methyl sites for hydroxylation is 2. The van der Waals surface area contributed by atoms with Crippen molar-refractivity contribution < 1.29 is 18.4 Å². The Bertz CT molecular complexity index is 753. The molecule has 1 fully saturated rings. The molecule has 1 saturated heterocycles. The lowest BCUT2D eigenvalue weighted by molar-refractivity contribution is -0.134. The molecule has 2 aromatic heterocycles. The number of aromatic nitrogens is 2. The van der Waals surface area contributed by atoms with Crippen LogP contribution in [0.1, 0.15) is 29.7 Å². The predicted octanol–water partition coefficient (Wildman–Crippen LogP) is 0.286. The van der Waals surface area contributed by atoms with Crippen molar-refractivity contribution in [3.8, 4) is 0 Å². The summed E-state index contributed by atoms with van der Waals surface area (Å²) in [6, 6.07) is 3.23. The van der Waals surface area contributed by atoms with Crippen molar-refractivity contribution in [1.29, 1.82) is 0 Å². The Morgan fingerprint density at radius 2 is 2.20 bits per heavy atom. The smallest absolute Gasteiger partial charge is 0.237 e. The van der Waals surface area contributed by atoms with Gasteiger partial charge in [0.05, 0.1) is 25.6 Å². The molecule has 2 aromatic rings. The van der Waals surface area contributed by atoms with Crippen LogP contribution in [-0.2, 0) is 22.7 Å². The van der Waals surface area contributed by atoms with Gasteiger partial charge in [0.15, 0.2) is 0 Å². The lowest BCUT2D eigenvalue weighted by atomic mass is 10.1. The summed E-state index contributed by atoms with van der Waals surface area (Å²) in [6.45, 7) is 5.40. The summed E-state index contributed by atoms with van der Waals surface area (Å²) >= 11 is 0. The van der Waals surface area contributed by atoms with E-state index in [-0.39, 0.29) is 24.8 Å². The van der Waals surface area contributed by atoms with Gasteiger partial charge in [0.25, 0.3) is 0 Å². The maximum atomic E-state index is 12.2. The van der Waals surface area contributed by atoms with Crippen LogP contribution in [-0.4, -0.2) is 46.0 Å². The van der Waals surface area contributed by atoms with E-state index in [1.54, 1.807) is 6.92 Å². The lowest BCUT2D eigenvalue weighted by Crippen LogP contribution is -2.56. The van der Waals surface area contributed by atoms with Gasteiger partial charge in [-0.3, -0.25) is 14.5 Å². The first-order chi connectivity index (χ1) is 12.0. The second kappa shape index (κ2) is 7.47. The van der Waals surface area contributed by atoms with Gasteiger partial charge in [-0.2, -0.15) is 0 Å². The highest BCUT2D eigenvalue weighted by atomic mass is 16.4. The third-order valence-electron chi connectivity index (χ3n) is 3.98. The number of nitrogens with zero attached hydrogens (tertiary/aromatic N) is 3. The van der Waals surface area contributed by atoms with Crippen LogP contribution in [0.4, 0.5) is 0 Å². The minimum Gasteiger partial charge on any atom is -0.465 e. The second-order valence-corrected chi connectivity index (χ2v) is 5.99. The zero-order chi connectivity index (χ0) is 17.8. The number of hydrogen-bond acceptors (Lipinski definition) is 7. The Morgan fingerprint density at radius 3 is 2.88 bits per heavy atom. The SMILES string of the molecule is Cc1ccc(CN2CCNC(=O)[C@H]2CC(=O)NCc2nnc(C)o2)o1. The first-order valence-electron chi connectivity index (χ1n) is 8.14. The summed E-state index contributed by atoms with van der Waals surface area (Å²) < 4.78 is 10.8. The highest BCUT2D eigenvalue weighted by Crippen LogP contribution is 2.16. The quantitative estimate of drug-likeness (QED) is 0.772. The molecule has 2 N–H and O–H groups in total. The van der Waals surface area contributed by atoms with Gasteiger partial charge in [-0.25, -0.2) is 0 Å². The highest BCUT2D eigenvalue weighted by Gasteiger charge is 2.32. The van der Waals surface area contributed by atoms with E-state index in [4.69, 9.17) is 8.83 Å². The Labute approximate surface area is 144 Å². The predicted molar refractivity (Wildman–Crippen MR) is 86.2 cm³/mol. The van der Waals surface area contributed by atoms with Crippen LogP contribution in [0.5, 0.6) is 0 Å². The molecule has 25 heavy (non-hydrogen) atoms. The van der Waals surface area contributed by atoms with Gasteiger partial charge in [0, 0.05) is 20.0 Å². The van der Waals surface area contributed by atoms with Crippen molar-refractivity contribution >= 4 is 11.8 Å². The molecule has 0 aliphatic carbocycles.